The summed E-state index contributed by atoms with van der Waals surface area (Å²) in [5.41, 5.74) is 6.09. The second-order valence-electron chi connectivity index (χ2n) is 3.70. The van der Waals surface area contributed by atoms with Gasteiger partial charge in [-0.25, -0.2) is 12.8 Å². The zero-order chi connectivity index (χ0) is 13.3. The first-order valence-corrected chi connectivity index (χ1v) is 6.46. The summed E-state index contributed by atoms with van der Waals surface area (Å²) in [7, 11) is -3.83. The van der Waals surface area contributed by atoms with E-state index < -0.39 is 15.8 Å². The summed E-state index contributed by atoms with van der Waals surface area (Å²) >= 11 is 0. The van der Waals surface area contributed by atoms with Gasteiger partial charge in [0.2, 0.25) is 0 Å². The Morgan fingerprint density at radius 3 is 2.78 bits per heavy atom. The van der Waals surface area contributed by atoms with Crippen LogP contribution in [-0.4, -0.2) is 18.6 Å². The van der Waals surface area contributed by atoms with Gasteiger partial charge in [-0.1, -0.05) is 0 Å². The number of halogens is 1. The van der Waals surface area contributed by atoms with Crippen molar-refractivity contribution >= 4 is 21.4 Å². The van der Waals surface area contributed by atoms with Crippen LogP contribution in [0.1, 0.15) is 5.69 Å². The van der Waals surface area contributed by atoms with Crippen LogP contribution in [0.25, 0.3) is 0 Å². The number of aromatic nitrogens is 2. The van der Waals surface area contributed by atoms with Crippen molar-refractivity contribution in [3.05, 3.63) is 35.9 Å². The Balaban J connectivity index is 2.40. The molecule has 1 aromatic carbocycles. The van der Waals surface area contributed by atoms with Gasteiger partial charge in [0.1, 0.15) is 10.7 Å². The van der Waals surface area contributed by atoms with Gasteiger partial charge >= 0.3 is 0 Å². The molecule has 2 aromatic rings. The van der Waals surface area contributed by atoms with Crippen LogP contribution in [0, 0.1) is 12.7 Å². The van der Waals surface area contributed by atoms with Crippen LogP contribution >= 0.6 is 0 Å². The summed E-state index contributed by atoms with van der Waals surface area (Å²) in [5.74, 6) is -0.578. The largest absolute Gasteiger partial charge is 0.397 e. The molecule has 0 spiro atoms. The maximum atomic E-state index is 13.0. The lowest BCUT2D eigenvalue weighted by Gasteiger charge is -2.09. The Labute approximate surface area is 103 Å². The molecule has 0 unspecified atom stereocenters. The zero-order valence-electron chi connectivity index (χ0n) is 9.44. The first-order valence-electron chi connectivity index (χ1n) is 4.98. The lowest BCUT2D eigenvalue weighted by molar-refractivity contribution is 0.600. The highest BCUT2D eigenvalue weighted by molar-refractivity contribution is 7.92. The maximum Gasteiger partial charge on any atom is 0.265 e. The molecule has 0 saturated carbocycles. The van der Waals surface area contributed by atoms with E-state index in [1.54, 1.807) is 6.92 Å². The number of hydrogen-bond donors (Lipinski definition) is 3. The summed E-state index contributed by atoms with van der Waals surface area (Å²) in [6.07, 6.45) is 1.17. The Kier molecular flexibility index (Phi) is 2.95. The van der Waals surface area contributed by atoms with Gasteiger partial charge in [-0.3, -0.25) is 9.82 Å². The van der Waals surface area contributed by atoms with E-state index in [1.807, 2.05) is 0 Å². The van der Waals surface area contributed by atoms with Gasteiger partial charge < -0.3 is 5.73 Å². The SMILES string of the molecule is Cc1[nH]ncc1S(=O)(=O)Nc1cc(F)ccc1N. The van der Waals surface area contributed by atoms with Crippen molar-refractivity contribution in [1.29, 1.82) is 0 Å². The van der Waals surface area contributed by atoms with E-state index in [2.05, 4.69) is 14.9 Å². The summed E-state index contributed by atoms with van der Waals surface area (Å²) < 4.78 is 39.2. The highest BCUT2D eigenvalue weighted by Gasteiger charge is 2.19. The number of nitrogen functional groups attached to an aromatic ring is 1. The first-order chi connectivity index (χ1) is 8.40. The fraction of sp³-hybridized carbons (Fsp3) is 0.100. The molecule has 0 atom stereocenters. The molecule has 1 aromatic heterocycles. The van der Waals surface area contributed by atoms with Crippen LogP contribution in [0.5, 0.6) is 0 Å². The van der Waals surface area contributed by atoms with Crippen molar-refractivity contribution in [1.82, 2.24) is 10.2 Å². The molecule has 0 amide bonds. The maximum absolute atomic E-state index is 13.0. The van der Waals surface area contributed by atoms with Crippen LogP contribution in [0.3, 0.4) is 0 Å². The molecular weight excluding hydrogens is 259 g/mol. The Morgan fingerprint density at radius 2 is 2.17 bits per heavy atom. The van der Waals surface area contributed by atoms with Crippen LogP contribution in [-0.2, 0) is 10.0 Å². The summed E-state index contributed by atoms with van der Waals surface area (Å²) in [5, 5.41) is 6.13. The van der Waals surface area contributed by atoms with Gasteiger partial charge in [0, 0.05) is 6.07 Å². The number of nitrogens with zero attached hydrogens (tertiary/aromatic N) is 1. The number of benzene rings is 1. The highest BCUT2D eigenvalue weighted by Crippen LogP contribution is 2.23. The fourth-order valence-corrected chi connectivity index (χ4v) is 2.64. The Morgan fingerprint density at radius 1 is 1.44 bits per heavy atom. The minimum absolute atomic E-state index is 0.00407. The van der Waals surface area contributed by atoms with Crippen molar-refractivity contribution in [2.24, 2.45) is 0 Å². The average molecular weight is 270 g/mol. The second-order valence-corrected chi connectivity index (χ2v) is 5.35. The van der Waals surface area contributed by atoms with Crippen LogP contribution < -0.4 is 10.5 Å². The average Bonchev–Trinajstić information content (AvgIpc) is 2.70. The molecule has 0 radical (unpaired) electrons. The molecule has 4 N–H and O–H groups in total. The third kappa shape index (κ3) is 2.28. The van der Waals surface area contributed by atoms with Gasteiger partial charge in [-0.2, -0.15) is 5.10 Å². The number of aryl methyl sites for hydroxylation is 1. The number of sulfonamides is 1. The highest BCUT2D eigenvalue weighted by atomic mass is 32.2. The second kappa shape index (κ2) is 4.30. The van der Waals surface area contributed by atoms with E-state index in [1.165, 1.54) is 12.3 Å². The van der Waals surface area contributed by atoms with Gasteiger partial charge in [0.05, 0.1) is 23.3 Å². The van der Waals surface area contributed by atoms with Crippen molar-refractivity contribution in [3.8, 4) is 0 Å². The Hall–Kier alpha value is -2.09. The van der Waals surface area contributed by atoms with Crippen molar-refractivity contribution in [2.75, 3.05) is 10.5 Å². The smallest absolute Gasteiger partial charge is 0.265 e. The predicted octanol–water partition coefficient (Wildman–Crippen LogP) is 1.24. The van der Waals surface area contributed by atoms with Gasteiger partial charge in [-0.15, -0.1) is 0 Å². The standard InChI is InChI=1S/C10H11FN4O2S/c1-6-10(5-13-14-6)18(16,17)15-9-4-7(11)2-3-8(9)12/h2-5,15H,12H2,1H3,(H,13,14). The third-order valence-corrected chi connectivity index (χ3v) is 3.81. The first kappa shape index (κ1) is 12.4. The van der Waals surface area contributed by atoms with E-state index >= 15 is 0 Å². The quantitative estimate of drug-likeness (QED) is 0.730. The number of aromatic amines is 1. The topological polar surface area (TPSA) is 101 Å². The van der Waals surface area contributed by atoms with E-state index in [4.69, 9.17) is 5.73 Å². The minimum atomic E-state index is -3.83. The lowest BCUT2D eigenvalue weighted by Crippen LogP contribution is -2.14. The normalized spacial score (nSPS) is 11.4. The Bertz CT molecular complexity index is 681. The number of anilines is 2. The molecule has 18 heavy (non-hydrogen) atoms. The van der Waals surface area contributed by atoms with E-state index in [9.17, 15) is 12.8 Å². The molecule has 0 bridgehead atoms. The molecule has 96 valence electrons. The van der Waals surface area contributed by atoms with E-state index in [0.717, 1.165) is 12.1 Å². The minimum Gasteiger partial charge on any atom is -0.397 e. The monoisotopic (exact) mass is 270 g/mol. The number of hydrogen-bond acceptors (Lipinski definition) is 4. The molecule has 8 heteroatoms. The summed E-state index contributed by atoms with van der Waals surface area (Å²) in [4.78, 5) is -0.00818. The zero-order valence-corrected chi connectivity index (χ0v) is 10.3. The predicted molar refractivity (Wildman–Crippen MR) is 64.9 cm³/mol. The molecule has 0 aliphatic carbocycles. The molecular formula is C10H11FN4O2S. The molecule has 6 nitrogen and oxygen atoms in total. The van der Waals surface area contributed by atoms with E-state index in [0.29, 0.717) is 5.69 Å². The molecule has 0 saturated heterocycles. The number of H-pyrrole nitrogens is 1. The van der Waals surface area contributed by atoms with Gasteiger partial charge in [0.15, 0.2) is 0 Å². The third-order valence-electron chi connectivity index (χ3n) is 2.33. The van der Waals surface area contributed by atoms with Crippen LogP contribution in [0.2, 0.25) is 0 Å². The molecule has 1 heterocycles. The number of nitrogens with one attached hydrogen (secondary N) is 2. The van der Waals surface area contributed by atoms with E-state index in [-0.39, 0.29) is 16.3 Å². The van der Waals surface area contributed by atoms with Gasteiger partial charge in [0.25, 0.3) is 10.0 Å². The van der Waals surface area contributed by atoms with Crippen LogP contribution in [0.4, 0.5) is 15.8 Å². The van der Waals surface area contributed by atoms with Crippen molar-refractivity contribution in [2.45, 2.75) is 11.8 Å². The molecule has 0 aliphatic heterocycles. The van der Waals surface area contributed by atoms with Gasteiger partial charge in [-0.05, 0) is 19.1 Å². The van der Waals surface area contributed by atoms with Crippen molar-refractivity contribution < 1.29 is 12.8 Å². The lowest BCUT2D eigenvalue weighted by atomic mass is 10.3. The van der Waals surface area contributed by atoms with Crippen LogP contribution in [0.15, 0.2) is 29.3 Å². The van der Waals surface area contributed by atoms with Crippen molar-refractivity contribution in [3.63, 3.8) is 0 Å². The summed E-state index contributed by atoms with van der Waals surface area (Å²) in [6, 6.07) is 3.45. The number of nitrogens with two attached hydrogens (primary N) is 1. The molecule has 0 fully saturated rings. The number of rotatable bonds is 3. The molecule has 2 rings (SSSR count). The molecule has 0 aliphatic rings. The summed E-state index contributed by atoms with van der Waals surface area (Å²) in [6.45, 7) is 1.57. The fourth-order valence-electron chi connectivity index (χ4n) is 1.43.